The third kappa shape index (κ3) is 2.49. The molecular weight excluding hydrogens is 237 g/mol. The number of halogens is 2. The lowest BCUT2D eigenvalue weighted by atomic mass is 10.2. The molecule has 1 heterocycles. The highest BCUT2D eigenvalue weighted by Crippen LogP contribution is 2.44. The topological polar surface area (TPSA) is 58.8 Å². The molecule has 0 unspecified atom stereocenters. The van der Waals surface area contributed by atoms with Gasteiger partial charge in [-0.25, -0.2) is 0 Å². The molecule has 0 aliphatic heterocycles. The Morgan fingerprint density at radius 3 is 2.47 bits per heavy atom. The number of nitriles is 1. The van der Waals surface area contributed by atoms with E-state index in [-0.39, 0.29) is 21.7 Å². The van der Waals surface area contributed by atoms with E-state index in [1.165, 1.54) is 6.07 Å². The Kier molecular flexibility index (Phi) is 2.68. The first kappa shape index (κ1) is 10.5. The molecule has 0 amide bonds. The molecule has 1 saturated carbocycles. The minimum absolute atomic E-state index is 0.119. The Balaban J connectivity index is 2.02. The summed E-state index contributed by atoms with van der Waals surface area (Å²) in [5, 5.41) is 9.28. The number of aromatic nitrogens is 2. The Morgan fingerprint density at radius 2 is 2.00 bits per heavy atom. The first-order chi connectivity index (χ1) is 7.13. The zero-order valence-electron chi connectivity index (χ0n) is 7.70. The predicted molar refractivity (Wildman–Crippen MR) is 54.8 cm³/mol. The molecule has 0 aromatic carbocycles. The van der Waals surface area contributed by atoms with E-state index in [9.17, 15) is 0 Å². The van der Waals surface area contributed by atoms with Crippen LogP contribution in [0.5, 0.6) is 6.01 Å². The lowest BCUT2D eigenvalue weighted by Gasteiger charge is -2.07. The van der Waals surface area contributed by atoms with Crippen LogP contribution in [0.4, 0.5) is 0 Å². The molecule has 1 aromatic heterocycles. The molecular formula is C9H7Cl2N3O. The van der Waals surface area contributed by atoms with Gasteiger partial charge in [0.15, 0.2) is 0 Å². The van der Waals surface area contributed by atoms with Crippen molar-refractivity contribution in [2.24, 2.45) is 5.41 Å². The van der Waals surface area contributed by atoms with Crippen molar-refractivity contribution in [2.45, 2.75) is 12.8 Å². The van der Waals surface area contributed by atoms with E-state index in [4.69, 9.17) is 33.2 Å². The molecule has 0 N–H and O–H groups in total. The zero-order chi connectivity index (χ0) is 10.9. The van der Waals surface area contributed by atoms with Crippen LogP contribution >= 0.6 is 23.2 Å². The van der Waals surface area contributed by atoms with Gasteiger partial charge in [-0.15, -0.1) is 0 Å². The minimum atomic E-state index is -0.349. The van der Waals surface area contributed by atoms with Gasteiger partial charge in [0.25, 0.3) is 0 Å². The summed E-state index contributed by atoms with van der Waals surface area (Å²) in [6.45, 7) is 0.292. The molecule has 1 fully saturated rings. The van der Waals surface area contributed by atoms with Crippen molar-refractivity contribution in [1.29, 1.82) is 5.26 Å². The first-order valence-corrected chi connectivity index (χ1v) is 5.13. The van der Waals surface area contributed by atoms with Crippen molar-refractivity contribution < 1.29 is 4.74 Å². The van der Waals surface area contributed by atoms with Gasteiger partial charge in [0, 0.05) is 6.07 Å². The van der Waals surface area contributed by atoms with Gasteiger partial charge < -0.3 is 4.74 Å². The van der Waals surface area contributed by atoms with Gasteiger partial charge in [-0.05, 0) is 12.8 Å². The van der Waals surface area contributed by atoms with Crippen LogP contribution in [-0.2, 0) is 0 Å². The average molecular weight is 244 g/mol. The van der Waals surface area contributed by atoms with Crippen LogP contribution < -0.4 is 4.74 Å². The number of hydrogen-bond donors (Lipinski definition) is 0. The lowest BCUT2D eigenvalue weighted by Crippen LogP contribution is -2.12. The highest BCUT2D eigenvalue weighted by molar-refractivity contribution is 6.33. The third-order valence-electron chi connectivity index (χ3n) is 2.21. The SMILES string of the molecule is N#CC1(COc2nc(Cl)cc(Cl)n2)CC1. The van der Waals surface area contributed by atoms with Crippen LogP contribution in [0, 0.1) is 16.7 Å². The lowest BCUT2D eigenvalue weighted by molar-refractivity contribution is 0.248. The molecule has 2 rings (SSSR count). The molecule has 0 bridgehead atoms. The van der Waals surface area contributed by atoms with Crippen molar-refractivity contribution in [2.75, 3.05) is 6.61 Å². The largest absolute Gasteiger partial charge is 0.462 e. The second kappa shape index (κ2) is 3.84. The van der Waals surface area contributed by atoms with Gasteiger partial charge in [-0.3, -0.25) is 0 Å². The molecule has 0 saturated heterocycles. The zero-order valence-corrected chi connectivity index (χ0v) is 9.22. The fraction of sp³-hybridized carbons (Fsp3) is 0.444. The van der Waals surface area contributed by atoms with E-state index in [0.29, 0.717) is 6.61 Å². The van der Waals surface area contributed by atoms with Crippen molar-refractivity contribution >= 4 is 23.2 Å². The Morgan fingerprint density at radius 1 is 1.40 bits per heavy atom. The van der Waals surface area contributed by atoms with Crippen LogP contribution in [0.15, 0.2) is 6.07 Å². The van der Waals surface area contributed by atoms with E-state index >= 15 is 0 Å². The summed E-state index contributed by atoms with van der Waals surface area (Å²) in [4.78, 5) is 7.67. The number of ether oxygens (including phenoxy) is 1. The molecule has 15 heavy (non-hydrogen) atoms. The maximum absolute atomic E-state index is 8.82. The summed E-state index contributed by atoms with van der Waals surface area (Å²) in [5.74, 6) is 0. The first-order valence-electron chi connectivity index (χ1n) is 4.38. The van der Waals surface area contributed by atoms with Crippen LogP contribution in [0.3, 0.4) is 0 Å². The quantitative estimate of drug-likeness (QED) is 0.766. The van der Waals surface area contributed by atoms with Crippen molar-refractivity contribution in [3.8, 4) is 12.1 Å². The Labute approximate surface area is 96.8 Å². The summed E-state index contributed by atoms with van der Waals surface area (Å²) in [7, 11) is 0. The molecule has 0 spiro atoms. The standard InChI is InChI=1S/C9H7Cl2N3O/c10-6-3-7(11)14-8(13-6)15-5-9(4-12)1-2-9/h3H,1-2,5H2. The minimum Gasteiger partial charge on any atom is -0.462 e. The van der Waals surface area contributed by atoms with E-state index in [1.54, 1.807) is 0 Å². The summed E-state index contributed by atoms with van der Waals surface area (Å²) < 4.78 is 5.27. The van der Waals surface area contributed by atoms with E-state index in [0.717, 1.165) is 12.8 Å². The predicted octanol–water partition coefficient (Wildman–Crippen LogP) is 2.47. The molecule has 78 valence electrons. The second-order valence-corrected chi connectivity index (χ2v) is 4.25. The van der Waals surface area contributed by atoms with Gasteiger partial charge in [0.2, 0.25) is 0 Å². The summed E-state index contributed by atoms with van der Waals surface area (Å²) in [5.41, 5.74) is -0.349. The second-order valence-electron chi connectivity index (χ2n) is 3.48. The monoisotopic (exact) mass is 243 g/mol. The molecule has 1 aliphatic carbocycles. The number of hydrogen-bond acceptors (Lipinski definition) is 4. The van der Waals surface area contributed by atoms with E-state index in [2.05, 4.69) is 16.0 Å². The highest BCUT2D eigenvalue weighted by atomic mass is 35.5. The smallest absolute Gasteiger partial charge is 0.319 e. The average Bonchev–Trinajstić information content (AvgIpc) is 2.94. The molecule has 1 aromatic rings. The normalized spacial score (nSPS) is 16.9. The maximum atomic E-state index is 8.82. The van der Waals surface area contributed by atoms with Crippen LogP contribution in [-0.4, -0.2) is 16.6 Å². The number of rotatable bonds is 3. The van der Waals surface area contributed by atoms with Crippen molar-refractivity contribution in [1.82, 2.24) is 9.97 Å². The molecule has 1 aliphatic rings. The van der Waals surface area contributed by atoms with Gasteiger partial charge in [-0.1, -0.05) is 23.2 Å². The van der Waals surface area contributed by atoms with Gasteiger partial charge >= 0.3 is 6.01 Å². The van der Waals surface area contributed by atoms with Crippen LogP contribution in [0.2, 0.25) is 10.3 Å². The molecule has 6 heteroatoms. The Hall–Kier alpha value is -1.05. The van der Waals surface area contributed by atoms with E-state index in [1.807, 2.05) is 0 Å². The van der Waals surface area contributed by atoms with Crippen LogP contribution in [0.25, 0.3) is 0 Å². The summed E-state index contributed by atoms with van der Waals surface area (Å²) in [6, 6.07) is 3.75. The van der Waals surface area contributed by atoms with E-state index < -0.39 is 0 Å². The fourth-order valence-electron chi connectivity index (χ4n) is 1.08. The molecule has 0 atom stereocenters. The van der Waals surface area contributed by atoms with Gasteiger partial charge in [0.1, 0.15) is 16.9 Å². The summed E-state index contributed by atoms with van der Waals surface area (Å²) in [6.07, 6.45) is 1.72. The van der Waals surface area contributed by atoms with Gasteiger partial charge in [0.05, 0.1) is 11.5 Å². The molecule has 4 nitrogen and oxygen atoms in total. The molecule has 0 radical (unpaired) electrons. The summed E-state index contributed by atoms with van der Waals surface area (Å²) >= 11 is 11.3. The highest BCUT2D eigenvalue weighted by Gasteiger charge is 2.44. The fourth-order valence-corrected chi connectivity index (χ4v) is 1.48. The maximum Gasteiger partial charge on any atom is 0.319 e. The van der Waals surface area contributed by atoms with Crippen molar-refractivity contribution in [3.05, 3.63) is 16.4 Å². The van der Waals surface area contributed by atoms with Gasteiger partial charge in [-0.2, -0.15) is 15.2 Å². The third-order valence-corrected chi connectivity index (χ3v) is 2.60. The van der Waals surface area contributed by atoms with Crippen molar-refractivity contribution in [3.63, 3.8) is 0 Å². The Bertz CT molecular complexity index is 406. The number of nitrogens with zero attached hydrogens (tertiary/aromatic N) is 3. The van der Waals surface area contributed by atoms with Crippen LogP contribution in [0.1, 0.15) is 12.8 Å².